The van der Waals surface area contributed by atoms with E-state index >= 15 is 0 Å². The van der Waals surface area contributed by atoms with E-state index in [0.717, 1.165) is 5.75 Å². The summed E-state index contributed by atoms with van der Waals surface area (Å²) in [7, 11) is 3.56. The average molecular weight is 416 g/mol. The monoisotopic (exact) mass is 415 g/mol. The van der Waals surface area contributed by atoms with Gasteiger partial charge >= 0.3 is 0 Å². The van der Waals surface area contributed by atoms with Crippen LogP contribution in [0.5, 0.6) is 5.75 Å². The summed E-state index contributed by atoms with van der Waals surface area (Å²) in [6, 6.07) is 27.9. The van der Waals surface area contributed by atoms with Crippen LogP contribution in [0.25, 0.3) is 10.5 Å². The molecular formula is C25H21NOS2. The number of allylic oxidation sites excluding steroid dienone is 2. The molecule has 0 radical (unpaired) electrons. The van der Waals surface area contributed by atoms with Gasteiger partial charge in [-0.2, -0.15) is 0 Å². The second-order valence-electron chi connectivity index (χ2n) is 7.00. The maximum atomic E-state index is 5.32. The van der Waals surface area contributed by atoms with Crippen molar-refractivity contribution >= 4 is 41.5 Å². The normalized spacial score (nSPS) is 17.8. The summed E-state index contributed by atoms with van der Waals surface area (Å²) in [5, 5.41) is 0. The summed E-state index contributed by atoms with van der Waals surface area (Å²) >= 11 is 0. The summed E-state index contributed by atoms with van der Waals surface area (Å²) < 4.78 is 7.74. The summed E-state index contributed by atoms with van der Waals surface area (Å²) in [5.74, 6) is 0.888. The number of hydrogen-bond donors (Lipinski definition) is 0. The zero-order valence-corrected chi connectivity index (χ0v) is 18.0. The Morgan fingerprint density at radius 2 is 1.55 bits per heavy atom. The standard InChI is InChI=1S/C25H21NOS2/c1-18-8-12-21(13-9-18)26-17-23(19-6-4-3-5-7-19)25-16-24(28-29(25)26)20-10-14-22(27-2)15-11-20/h3-17H,1-2H3. The Balaban J connectivity index is 1.56. The Bertz CT molecular complexity index is 1140. The van der Waals surface area contributed by atoms with Gasteiger partial charge in [0.15, 0.2) is 0 Å². The smallest absolute Gasteiger partial charge is 0.118 e. The van der Waals surface area contributed by atoms with Gasteiger partial charge in [-0.15, -0.1) is 0 Å². The van der Waals surface area contributed by atoms with Gasteiger partial charge in [0.25, 0.3) is 0 Å². The molecule has 3 aromatic rings. The lowest BCUT2D eigenvalue weighted by Crippen LogP contribution is -2.03. The summed E-state index contributed by atoms with van der Waals surface area (Å²) in [5.41, 5.74) is 6.33. The Morgan fingerprint density at radius 1 is 0.828 bits per heavy atom. The molecular weight excluding hydrogens is 394 g/mol. The molecule has 2 aliphatic heterocycles. The Hall–Kier alpha value is -2.69. The number of methoxy groups -OCH3 is 1. The first kappa shape index (κ1) is 18.3. The predicted octanol–water partition coefficient (Wildman–Crippen LogP) is 6.92. The Morgan fingerprint density at radius 3 is 2.24 bits per heavy atom. The third kappa shape index (κ3) is 3.43. The number of aryl methyl sites for hydroxylation is 1. The summed E-state index contributed by atoms with van der Waals surface area (Å²) in [4.78, 5) is 2.71. The van der Waals surface area contributed by atoms with Crippen molar-refractivity contribution in [1.29, 1.82) is 0 Å². The first-order valence-electron chi connectivity index (χ1n) is 9.52. The maximum Gasteiger partial charge on any atom is 0.118 e. The van der Waals surface area contributed by atoms with Gasteiger partial charge in [0.05, 0.1) is 12.8 Å². The molecule has 2 nitrogen and oxygen atoms in total. The fourth-order valence-electron chi connectivity index (χ4n) is 3.45. The van der Waals surface area contributed by atoms with Crippen LogP contribution in [0.3, 0.4) is 0 Å². The Kier molecular flexibility index (Phi) is 4.82. The van der Waals surface area contributed by atoms with Crippen molar-refractivity contribution in [1.82, 2.24) is 0 Å². The lowest BCUT2D eigenvalue weighted by atomic mass is 10.0. The van der Waals surface area contributed by atoms with E-state index in [4.69, 9.17) is 4.74 Å². The van der Waals surface area contributed by atoms with E-state index in [1.807, 2.05) is 22.9 Å². The van der Waals surface area contributed by atoms with Crippen LogP contribution < -0.4 is 9.04 Å². The molecule has 0 N–H and O–H groups in total. The first-order chi connectivity index (χ1) is 14.2. The molecule has 2 heterocycles. The molecule has 0 spiro atoms. The zero-order valence-electron chi connectivity index (χ0n) is 16.3. The van der Waals surface area contributed by atoms with Crippen LogP contribution in [-0.4, -0.2) is 12.0 Å². The molecule has 0 saturated heterocycles. The fraction of sp³-hybridized carbons (Fsp3) is 0.0800. The molecule has 1 unspecified atom stereocenters. The Labute approximate surface area is 178 Å². The number of hydrogen-bond acceptors (Lipinski definition) is 3. The van der Waals surface area contributed by atoms with Crippen LogP contribution in [0.4, 0.5) is 5.69 Å². The SMILES string of the molecule is COc1ccc(C2=CC3=S(S2)N(c2ccc(C)cc2)C=C3c2ccccc2)cc1. The minimum absolute atomic E-state index is 0.0813. The van der Waals surface area contributed by atoms with Crippen LogP contribution in [0, 0.1) is 6.92 Å². The molecule has 5 rings (SSSR count). The van der Waals surface area contributed by atoms with Crippen molar-refractivity contribution in [2.45, 2.75) is 6.92 Å². The van der Waals surface area contributed by atoms with E-state index in [2.05, 4.69) is 90.2 Å². The fourth-order valence-corrected chi connectivity index (χ4v) is 7.82. The second kappa shape index (κ2) is 7.62. The van der Waals surface area contributed by atoms with Gasteiger partial charge < -0.3 is 4.74 Å². The highest BCUT2D eigenvalue weighted by Gasteiger charge is 2.30. The molecule has 0 amide bonds. The molecule has 0 aromatic heterocycles. The van der Waals surface area contributed by atoms with E-state index < -0.39 is 0 Å². The number of benzene rings is 3. The molecule has 4 heteroatoms. The van der Waals surface area contributed by atoms with Crippen LogP contribution in [0.15, 0.2) is 91.1 Å². The lowest BCUT2D eigenvalue weighted by molar-refractivity contribution is 0.415. The highest BCUT2D eigenvalue weighted by Crippen LogP contribution is 2.57. The molecule has 2 aliphatic rings. The van der Waals surface area contributed by atoms with Crippen LogP contribution >= 0.6 is 20.5 Å². The number of nitrogens with zero attached hydrogens (tertiary/aromatic N) is 1. The molecule has 3 aromatic carbocycles. The second-order valence-corrected chi connectivity index (χ2v) is 10.4. The molecule has 0 saturated carbocycles. The van der Waals surface area contributed by atoms with Crippen molar-refractivity contribution in [3.8, 4) is 5.75 Å². The van der Waals surface area contributed by atoms with Crippen LogP contribution in [-0.2, 0) is 0 Å². The van der Waals surface area contributed by atoms with E-state index in [9.17, 15) is 0 Å². The lowest BCUT2D eigenvalue weighted by Gasteiger charge is -2.20. The minimum Gasteiger partial charge on any atom is -0.497 e. The average Bonchev–Trinajstić information content (AvgIpc) is 3.35. The largest absolute Gasteiger partial charge is 0.497 e. The molecule has 0 fully saturated rings. The van der Waals surface area contributed by atoms with Crippen molar-refractivity contribution < 1.29 is 4.74 Å². The van der Waals surface area contributed by atoms with Gasteiger partial charge in [0, 0.05) is 21.5 Å². The van der Waals surface area contributed by atoms with Gasteiger partial charge in [0.2, 0.25) is 0 Å². The maximum absolute atomic E-state index is 5.32. The molecule has 0 aliphatic carbocycles. The van der Waals surface area contributed by atoms with Crippen molar-refractivity contribution in [3.63, 3.8) is 0 Å². The van der Waals surface area contributed by atoms with Gasteiger partial charge in [-0.3, -0.25) is 4.31 Å². The quantitative estimate of drug-likeness (QED) is 0.339. The first-order valence-corrected chi connectivity index (χ1v) is 12.0. The highest BCUT2D eigenvalue weighted by molar-refractivity contribution is 8.88. The van der Waals surface area contributed by atoms with Crippen LogP contribution in [0.1, 0.15) is 16.7 Å². The highest BCUT2D eigenvalue weighted by atomic mass is 33.1. The number of ether oxygens (including phenoxy) is 1. The van der Waals surface area contributed by atoms with Crippen molar-refractivity contribution in [3.05, 3.63) is 108 Å². The van der Waals surface area contributed by atoms with Crippen molar-refractivity contribution in [2.24, 2.45) is 0 Å². The topological polar surface area (TPSA) is 12.5 Å². The molecule has 1 atom stereocenters. The molecule has 0 bridgehead atoms. The third-order valence-corrected chi connectivity index (χ3v) is 9.17. The van der Waals surface area contributed by atoms with Gasteiger partial charge in [0.1, 0.15) is 5.75 Å². The summed E-state index contributed by atoms with van der Waals surface area (Å²) in [6.07, 6.45) is 4.68. The van der Waals surface area contributed by atoms with Crippen molar-refractivity contribution in [2.75, 3.05) is 11.4 Å². The minimum atomic E-state index is -0.0813. The van der Waals surface area contributed by atoms with Gasteiger partial charge in [-0.25, -0.2) is 0 Å². The van der Waals surface area contributed by atoms with E-state index in [1.165, 1.54) is 37.7 Å². The third-order valence-electron chi connectivity index (χ3n) is 5.06. The summed E-state index contributed by atoms with van der Waals surface area (Å²) in [6.45, 7) is 2.13. The van der Waals surface area contributed by atoms with Crippen LogP contribution in [0.2, 0.25) is 0 Å². The molecule has 29 heavy (non-hydrogen) atoms. The van der Waals surface area contributed by atoms with Gasteiger partial charge in [-0.1, -0.05) is 60.2 Å². The van der Waals surface area contributed by atoms with Gasteiger partial charge in [-0.05, 0) is 68.9 Å². The van der Waals surface area contributed by atoms with E-state index in [0.29, 0.717) is 0 Å². The zero-order chi connectivity index (χ0) is 19.8. The predicted molar refractivity (Wildman–Crippen MR) is 129 cm³/mol. The number of anilines is 1. The molecule has 144 valence electrons. The number of rotatable bonds is 4. The van der Waals surface area contributed by atoms with E-state index in [1.54, 1.807) is 7.11 Å². The van der Waals surface area contributed by atoms with E-state index in [-0.39, 0.29) is 9.70 Å².